The van der Waals surface area contributed by atoms with Crippen LogP contribution < -0.4 is 0 Å². The summed E-state index contributed by atoms with van der Waals surface area (Å²) < 4.78 is 7.12. The molecule has 0 aliphatic carbocycles. The van der Waals surface area contributed by atoms with Crippen LogP contribution in [-0.2, 0) is 17.2 Å². The van der Waals surface area contributed by atoms with Crippen LogP contribution in [0.15, 0.2) is 36.5 Å². The quantitative estimate of drug-likeness (QED) is 0.683. The first-order valence-corrected chi connectivity index (χ1v) is 7.31. The van der Waals surface area contributed by atoms with Crippen LogP contribution in [-0.4, -0.2) is 21.6 Å². The number of nitrogens with zero attached hydrogens (tertiary/aromatic N) is 3. The Morgan fingerprint density at radius 3 is 2.90 bits per heavy atom. The maximum absolute atomic E-state index is 6.03. The van der Waals surface area contributed by atoms with Crippen LogP contribution in [0.3, 0.4) is 0 Å². The molecule has 0 unspecified atom stereocenters. The molecule has 0 amide bonds. The molecule has 0 fully saturated rings. The van der Waals surface area contributed by atoms with Crippen molar-refractivity contribution in [1.82, 2.24) is 14.5 Å². The second-order valence-electron chi connectivity index (χ2n) is 4.60. The van der Waals surface area contributed by atoms with E-state index in [1.807, 2.05) is 28.8 Å². The zero-order valence-electron chi connectivity index (χ0n) is 11.4. The SMILES string of the molecule is COCc1cccc(-n2c(CCl)nc3cc(Cl)cnc32)c1. The van der Waals surface area contributed by atoms with Gasteiger partial charge in [-0.2, -0.15) is 0 Å². The number of hydrogen-bond acceptors (Lipinski definition) is 3. The molecule has 3 aromatic rings. The average Bonchev–Trinajstić information content (AvgIpc) is 2.85. The van der Waals surface area contributed by atoms with Gasteiger partial charge in [0.15, 0.2) is 5.65 Å². The summed E-state index contributed by atoms with van der Waals surface area (Å²) in [5, 5.41) is 0.557. The van der Waals surface area contributed by atoms with Crippen LogP contribution >= 0.6 is 23.2 Å². The molecule has 0 atom stereocenters. The summed E-state index contributed by atoms with van der Waals surface area (Å²) in [6.45, 7) is 0.552. The Balaban J connectivity index is 2.20. The highest BCUT2D eigenvalue weighted by Gasteiger charge is 2.13. The molecule has 2 heterocycles. The molecular weight excluding hydrogens is 309 g/mol. The number of aromatic nitrogens is 3. The fourth-order valence-corrected chi connectivity index (χ4v) is 2.63. The first-order chi connectivity index (χ1) is 10.2. The van der Waals surface area contributed by atoms with Crippen molar-refractivity contribution in [1.29, 1.82) is 0 Å². The van der Waals surface area contributed by atoms with Gasteiger partial charge in [-0.3, -0.25) is 4.57 Å². The fourth-order valence-electron chi connectivity index (χ4n) is 2.30. The first kappa shape index (κ1) is 14.3. The largest absolute Gasteiger partial charge is 0.380 e. The van der Waals surface area contributed by atoms with E-state index in [0.29, 0.717) is 17.5 Å². The molecule has 0 aliphatic rings. The zero-order valence-corrected chi connectivity index (χ0v) is 12.9. The minimum absolute atomic E-state index is 0.294. The number of ether oxygens (including phenoxy) is 1. The summed E-state index contributed by atoms with van der Waals surface area (Å²) in [6.07, 6.45) is 1.61. The van der Waals surface area contributed by atoms with E-state index in [2.05, 4.69) is 9.97 Å². The van der Waals surface area contributed by atoms with Crippen LogP contribution in [0.25, 0.3) is 16.9 Å². The molecule has 0 bridgehead atoms. The number of methoxy groups -OCH3 is 1. The summed E-state index contributed by atoms with van der Waals surface area (Å²) in [5.74, 6) is 1.03. The van der Waals surface area contributed by atoms with E-state index in [0.717, 1.165) is 28.2 Å². The Labute approximate surface area is 132 Å². The summed E-state index contributed by atoms with van der Waals surface area (Å²) >= 11 is 12.0. The third-order valence-electron chi connectivity index (χ3n) is 3.13. The van der Waals surface area contributed by atoms with Crippen LogP contribution in [0.2, 0.25) is 5.02 Å². The summed E-state index contributed by atoms with van der Waals surface area (Å²) in [7, 11) is 1.67. The van der Waals surface area contributed by atoms with Crippen LogP contribution in [0, 0.1) is 0 Å². The number of benzene rings is 1. The summed E-state index contributed by atoms with van der Waals surface area (Å²) in [4.78, 5) is 8.88. The van der Waals surface area contributed by atoms with Crippen molar-refractivity contribution in [2.24, 2.45) is 0 Å². The van der Waals surface area contributed by atoms with Crippen LogP contribution in [0.4, 0.5) is 0 Å². The number of fused-ring (bicyclic) bond motifs is 1. The van der Waals surface area contributed by atoms with E-state index in [9.17, 15) is 0 Å². The number of pyridine rings is 1. The average molecular weight is 322 g/mol. The summed E-state index contributed by atoms with van der Waals surface area (Å²) in [6, 6.07) is 9.80. The van der Waals surface area contributed by atoms with Crippen LogP contribution in [0.5, 0.6) is 0 Å². The van der Waals surface area contributed by atoms with E-state index >= 15 is 0 Å². The van der Waals surface area contributed by atoms with Crippen molar-refractivity contribution in [2.45, 2.75) is 12.5 Å². The molecule has 4 nitrogen and oxygen atoms in total. The second-order valence-corrected chi connectivity index (χ2v) is 5.30. The molecular formula is C15H13Cl2N3O. The van der Waals surface area contributed by atoms with Crippen molar-refractivity contribution < 1.29 is 4.74 Å². The van der Waals surface area contributed by atoms with Gasteiger partial charge in [-0.1, -0.05) is 23.7 Å². The van der Waals surface area contributed by atoms with Crippen molar-refractivity contribution in [3.05, 3.63) is 52.9 Å². The van der Waals surface area contributed by atoms with Gasteiger partial charge >= 0.3 is 0 Å². The molecule has 1 aromatic carbocycles. The standard InChI is InChI=1S/C15H13Cl2N3O/c1-21-9-10-3-2-4-12(5-10)20-14(7-16)19-13-6-11(17)8-18-15(13)20/h2-6,8H,7,9H2,1H3. The molecule has 0 saturated heterocycles. The smallest absolute Gasteiger partial charge is 0.164 e. The van der Waals surface area contributed by atoms with Gasteiger partial charge in [0.1, 0.15) is 11.3 Å². The highest BCUT2D eigenvalue weighted by Crippen LogP contribution is 2.24. The molecule has 0 saturated carbocycles. The molecule has 6 heteroatoms. The lowest BCUT2D eigenvalue weighted by Gasteiger charge is -2.09. The van der Waals surface area contributed by atoms with Crippen LogP contribution in [0.1, 0.15) is 11.4 Å². The maximum Gasteiger partial charge on any atom is 0.164 e. The van der Waals surface area contributed by atoms with E-state index < -0.39 is 0 Å². The number of imidazole rings is 1. The third-order valence-corrected chi connectivity index (χ3v) is 3.58. The Kier molecular flexibility index (Phi) is 4.10. The number of hydrogen-bond donors (Lipinski definition) is 0. The predicted octanol–water partition coefficient (Wildman–Crippen LogP) is 3.96. The molecule has 3 rings (SSSR count). The van der Waals surface area contributed by atoms with E-state index in [1.165, 1.54) is 0 Å². The molecule has 0 aliphatic heterocycles. The number of rotatable bonds is 4. The normalized spacial score (nSPS) is 11.2. The van der Waals surface area contributed by atoms with E-state index in [1.54, 1.807) is 19.4 Å². The van der Waals surface area contributed by atoms with Crippen molar-refractivity contribution in [3.8, 4) is 5.69 Å². The Bertz CT molecular complexity index is 786. The van der Waals surface area contributed by atoms with Gasteiger partial charge in [0, 0.05) is 19.0 Å². The lowest BCUT2D eigenvalue weighted by atomic mass is 10.2. The third kappa shape index (κ3) is 2.75. The highest BCUT2D eigenvalue weighted by atomic mass is 35.5. The number of halogens is 2. The van der Waals surface area contributed by atoms with Crippen molar-refractivity contribution >= 4 is 34.4 Å². The minimum atomic E-state index is 0.294. The lowest BCUT2D eigenvalue weighted by Crippen LogP contribution is -2.01. The molecule has 0 radical (unpaired) electrons. The van der Waals surface area contributed by atoms with Gasteiger partial charge in [0.05, 0.1) is 17.5 Å². The Hall–Kier alpha value is -1.62. The lowest BCUT2D eigenvalue weighted by molar-refractivity contribution is 0.185. The predicted molar refractivity (Wildman–Crippen MR) is 84.1 cm³/mol. The number of alkyl halides is 1. The second kappa shape index (κ2) is 6.02. The molecule has 0 spiro atoms. The van der Waals surface area contributed by atoms with Gasteiger partial charge in [0.25, 0.3) is 0 Å². The minimum Gasteiger partial charge on any atom is -0.380 e. The maximum atomic E-state index is 6.03. The highest BCUT2D eigenvalue weighted by molar-refractivity contribution is 6.31. The zero-order chi connectivity index (χ0) is 14.8. The monoisotopic (exact) mass is 321 g/mol. The van der Waals surface area contributed by atoms with E-state index in [-0.39, 0.29) is 0 Å². The molecule has 0 N–H and O–H groups in total. The first-order valence-electron chi connectivity index (χ1n) is 6.40. The fraction of sp³-hybridized carbons (Fsp3) is 0.200. The van der Waals surface area contributed by atoms with Gasteiger partial charge in [-0.05, 0) is 23.8 Å². The van der Waals surface area contributed by atoms with Gasteiger partial charge in [0.2, 0.25) is 0 Å². The topological polar surface area (TPSA) is 39.9 Å². The van der Waals surface area contributed by atoms with Crippen molar-refractivity contribution in [3.63, 3.8) is 0 Å². The Morgan fingerprint density at radius 1 is 1.29 bits per heavy atom. The van der Waals surface area contributed by atoms with Gasteiger partial charge < -0.3 is 4.74 Å². The van der Waals surface area contributed by atoms with Gasteiger partial charge in [-0.25, -0.2) is 9.97 Å². The molecule has 2 aromatic heterocycles. The van der Waals surface area contributed by atoms with Gasteiger partial charge in [-0.15, -0.1) is 11.6 Å². The van der Waals surface area contributed by atoms with Crippen molar-refractivity contribution in [2.75, 3.05) is 7.11 Å². The summed E-state index contributed by atoms with van der Waals surface area (Å²) in [5.41, 5.74) is 3.50. The Morgan fingerprint density at radius 2 is 2.14 bits per heavy atom. The molecule has 21 heavy (non-hydrogen) atoms. The van der Waals surface area contributed by atoms with E-state index in [4.69, 9.17) is 27.9 Å². The molecule has 108 valence electrons.